The van der Waals surface area contributed by atoms with Crippen LogP contribution in [0.15, 0.2) is 24.3 Å². The first-order valence-electron chi connectivity index (χ1n) is 10.6. The Balaban J connectivity index is 1.85. The van der Waals surface area contributed by atoms with Crippen molar-refractivity contribution in [3.8, 4) is 5.75 Å². The fourth-order valence-corrected chi connectivity index (χ4v) is 5.25. The number of esters is 1. The number of hydrogen-bond donors (Lipinski definition) is 0. The van der Waals surface area contributed by atoms with Gasteiger partial charge in [-0.15, -0.1) is 11.3 Å². The standard InChI is InChI=1S/C25H30O5S2/c1-24(2,3)30-23(27)22-18-13-25(4,5)29-14-21(18)32-20(22)12-17(31)11-19(26)15-8-7-9-16(10-15)28-6/h7-10H,11-14H2,1-6H3. The van der Waals surface area contributed by atoms with E-state index < -0.39 is 5.60 Å². The third kappa shape index (κ3) is 6.03. The van der Waals surface area contributed by atoms with Crippen LogP contribution in [0.1, 0.15) is 77.1 Å². The highest BCUT2D eigenvalue weighted by atomic mass is 32.1. The number of thiocarbonyl (C=S) groups is 1. The van der Waals surface area contributed by atoms with E-state index in [0.717, 1.165) is 15.3 Å². The van der Waals surface area contributed by atoms with Crippen molar-refractivity contribution in [1.29, 1.82) is 0 Å². The van der Waals surface area contributed by atoms with Gasteiger partial charge in [0.1, 0.15) is 11.4 Å². The lowest BCUT2D eigenvalue weighted by Gasteiger charge is -2.30. The van der Waals surface area contributed by atoms with Crippen LogP contribution in [-0.4, -0.2) is 34.9 Å². The van der Waals surface area contributed by atoms with Crippen LogP contribution >= 0.6 is 23.6 Å². The summed E-state index contributed by atoms with van der Waals surface area (Å²) >= 11 is 7.12. The summed E-state index contributed by atoms with van der Waals surface area (Å²) in [5.74, 6) is 0.214. The number of hydrogen-bond acceptors (Lipinski definition) is 7. The summed E-state index contributed by atoms with van der Waals surface area (Å²) in [6.07, 6.45) is 1.13. The van der Waals surface area contributed by atoms with Crippen molar-refractivity contribution >= 4 is 40.2 Å². The molecule has 0 spiro atoms. The van der Waals surface area contributed by atoms with Crippen molar-refractivity contribution in [3.63, 3.8) is 0 Å². The van der Waals surface area contributed by atoms with Gasteiger partial charge >= 0.3 is 5.97 Å². The summed E-state index contributed by atoms with van der Waals surface area (Å²) in [6, 6.07) is 7.04. The number of ether oxygens (including phenoxy) is 3. The number of rotatable bonds is 7. The molecule has 172 valence electrons. The molecule has 1 aromatic heterocycles. The zero-order valence-electron chi connectivity index (χ0n) is 19.5. The number of ketones is 1. The van der Waals surface area contributed by atoms with Crippen molar-refractivity contribution in [3.05, 3.63) is 50.7 Å². The zero-order valence-corrected chi connectivity index (χ0v) is 21.1. The Bertz CT molecular complexity index is 1040. The number of benzene rings is 1. The normalized spacial score (nSPS) is 15.1. The molecule has 0 fully saturated rings. The fourth-order valence-electron chi connectivity index (χ4n) is 3.62. The van der Waals surface area contributed by atoms with Gasteiger partial charge in [-0.3, -0.25) is 4.79 Å². The smallest absolute Gasteiger partial charge is 0.340 e. The monoisotopic (exact) mass is 474 g/mol. The van der Waals surface area contributed by atoms with E-state index in [2.05, 4.69) is 0 Å². The molecule has 0 aliphatic carbocycles. The molecular weight excluding hydrogens is 444 g/mol. The summed E-state index contributed by atoms with van der Waals surface area (Å²) in [4.78, 5) is 28.3. The van der Waals surface area contributed by atoms with E-state index >= 15 is 0 Å². The second kappa shape index (κ2) is 9.41. The van der Waals surface area contributed by atoms with Gasteiger partial charge in [0.15, 0.2) is 5.78 Å². The summed E-state index contributed by atoms with van der Waals surface area (Å²) in [7, 11) is 1.57. The minimum Gasteiger partial charge on any atom is -0.497 e. The lowest BCUT2D eigenvalue weighted by Crippen LogP contribution is -2.32. The van der Waals surface area contributed by atoms with Gasteiger partial charge in [0.05, 0.1) is 24.9 Å². The SMILES string of the molecule is COc1cccc(C(=O)CC(=S)Cc2sc3c(c2C(=O)OC(C)(C)C)CC(C)(C)OC3)c1. The first kappa shape index (κ1) is 24.6. The first-order valence-corrected chi connectivity index (χ1v) is 11.8. The highest BCUT2D eigenvalue weighted by Gasteiger charge is 2.35. The molecule has 0 saturated carbocycles. The van der Waals surface area contributed by atoms with Crippen LogP contribution < -0.4 is 4.74 Å². The molecule has 2 aromatic rings. The lowest BCUT2D eigenvalue weighted by atomic mass is 9.91. The second-order valence-corrected chi connectivity index (χ2v) is 11.3. The predicted molar refractivity (Wildman–Crippen MR) is 130 cm³/mol. The van der Waals surface area contributed by atoms with Crippen LogP contribution in [-0.2, 0) is 28.9 Å². The molecule has 5 nitrogen and oxygen atoms in total. The van der Waals surface area contributed by atoms with Crippen molar-refractivity contribution < 1.29 is 23.8 Å². The Morgan fingerprint density at radius 1 is 1.25 bits per heavy atom. The molecule has 0 bridgehead atoms. The number of thiophene rings is 1. The van der Waals surface area contributed by atoms with Gasteiger partial charge in [-0.1, -0.05) is 24.4 Å². The molecular formula is C25H30O5S2. The van der Waals surface area contributed by atoms with Crippen LogP contribution in [0.4, 0.5) is 0 Å². The van der Waals surface area contributed by atoms with E-state index in [0.29, 0.717) is 41.2 Å². The van der Waals surface area contributed by atoms with Crippen molar-refractivity contribution in [2.45, 2.75) is 71.7 Å². The minimum atomic E-state index is -0.604. The number of carbonyl (C=O) groups is 2. The van der Waals surface area contributed by atoms with Crippen LogP contribution in [0.3, 0.4) is 0 Å². The van der Waals surface area contributed by atoms with Crippen molar-refractivity contribution in [2.24, 2.45) is 0 Å². The summed E-state index contributed by atoms with van der Waals surface area (Å²) < 4.78 is 16.9. The Labute approximate surface area is 199 Å². The highest BCUT2D eigenvalue weighted by Crippen LogP contribution is 2.39. The molecule has 0 amide bonds. The van der Waals surface area contributed by atoms with Gasteiger partial charge in [-0.2, -0.15) is 0 Å². The van der Waals surface area contributed by atoms with Crippen LogP contribution in [0.2, 0.25) is 0 Å². The first-order chi connectivity index (χ1) is 14.9. The topological polar surface area (TPSA) is 61.8 Å². The molecule has 1 aromatic carbocycles. The third-order valence-corrected chi connectivity index (χ3v) is 6.56. The number of fused-ring (bicyclic) bond motifs is 1. The molecule has 0 radical (unpaired) electrons. The van der Waals surface area contributed by atoms with E-state index in [9.17, 15) is 9.59 Å². The Hall–Kier alpha value is -2.09. The average molecular weight is 475 g/mol. The average Bonchev–Trinajstić information content (AvgIpc) is 3.02. The van der Waals surface area contributed by atoms with Crippen molar-refractivity contribution in [1.82, 2.24) is 0 Å². The second-order valence-electron chi connectivity index (χ2n) is 9.58. The number of Topliss-reactive ketones (excluding diaryl/α,β-unsaturated/α-hetero) is 1. The van der Waals surface area contributed by atoms with Gasteiger partial charge < -0.3 is 14.2 Å². The molecule has 2 heterocycles. The minimum absolute atomic E-state index is 0.0708. The molecule has 0 saturated heterocycles. The van der Waals surface area contributed by atoms with E-state index in [1.54, 1.807) is 31.4 Å². The van der Waals surface area contributed by atoms with Gasteiger partial charge in [0.25, 0.3) is 0 Å². The summed E-state index contributed by atoms with van der Waals surface area (Å²) in [5, 5.41) is 0. The van der Waals surface area contributed by atoms with Gasteiger partial charge in [0, 0.05) is 39.4 Å². The maximum atomic E-state index is 13.1. The molecule has 1 aliphatic rings. The van der Waals surface area contributed by atoms with E-state index in [1.165, 1.54) is 11.3 Å². The van der Waals surface area contributed by atoms with Gasteiger partial charge in [-0.25, -0.2) is 4.79 Å². The maximum absolute atomic E-state index is 13.1. The Morgan fingerprint density at radius 2 is 1.97 bits per heavy atom. The van der Waals surface area contributed by atoms with Gasteiger partial charge in [0.2, 0.25) is 0 Å². The Morgan fingerprint density at radius 3 is 2.62 bits per heavy atom. The number of methoxy groups -OCH3 is 1. The largest absolute Gasteiger partial charge is 0.497 e. The molecule has 32 heavy (non-hydrogen) atoms. The van der Waals surface area contributed by atoms with Gasteiger partial charge in [-0.05, 0) is 52.3 Å². The third-order valence-electron chi connectivity index (χ3n) is 5.07. The molecule has 0 atom stereocenters. The maximum Gasteiger partial charge on any atom is 0.340 e. The van der Waals surface area contributed by atoms with E-state index in [-0.39, 0.29) is 23.8 Å². The number of carbonyl (C=O) groups excluding carboxylic acids is 2. The molecule has 1 aliphatic heterocycles. The zero-order chi connectivity index (χ0) is 23.7. The summed E-state index contributed by atoms with van der Waals surface area (Å²) in [6.45, 7) is 10.1. The Kier molecular flexibility index (Phi) is 7.22. The molecule has 3 rings (SSSR count). The van der Waals surface area contributed by atoms with Crippen molar-refractivity contribution in [2.75, 3.05) is 7.11 Å². The summed E-state index contributed by atoms with van der Waals surface area (Å²) in [5.41, 5.74) is 1.17. The molecule has 7 heteroatoms. The predicted octanol–water partition coefficient (Wildman–Crippen LogP) is 5.75. The van der Waals surface area contributed by atoms with E-state index in [4.69, 9.17) is 26.4 Å². The van der Waals surface area contributed by atoms with Crippen LogP contribution in [0, 0.1) is 0 Å². The highest BCUT2D eigenvalue weighted by molar-refractivity contribution is 7.80. The van der Waals surface area contributed by atoms with Crippen LogP contribution in [0.25, 0.3) is 0 Å². The molecule has 0 N–H and O–H groups in total. The lowest BCUT2D eigenvalue weighted by molar-refractivity contribution is -0.0387. The van der Waals surface area contributed by atoms with E-state index in [1.807, 2.05) is 34.6 Å². The quantitative estimate of drug-likeness (QED) is 0.289. The fraction of sp³-hybridized carbons (Fsp3) is 0.480. The van der Waals surface area contributed by atoms with Crippen LogP contribution in [0.5, 0.6) is 5.75 Å². The molecule has 0 unspecified atom stereocenters.